The van der Waals surface area contributed by atoms with Gasteiger partial charge in [-0.1, -0.05) is 18.5 Å². The Hall–Kier alpha value is -1.09. The maximum atomic E-state index is 11.1. The highest BCUT2D eigenvalue weighted by molar-refractivity contribution is 6.34. The standard InChI is InChI=1S/C11H12ClNO2/c1-2-7-10(12)9(11(14)15)6-4-3-5-8(6)13-7/h2-5H2,1H3,(H,14,15). The molecule has 1 aliphatic rings. The molecule has 2 rings (SSSR count). The van der Waals surface area contributed by atoms with Crippen molar-refractivity contribution in [3.8, 4) is 0 Å². The molecule has 0 bridgehead atoms. The van der Waals surface area contributed by atoms with Gasteiger partial charge in [-0.05, 0) is 31.2 Å². The summed E-state index contributed by atoms with van der Waals surface area (Å²) in [4.78, 5) is 15.6. The predicted octanol–water partition coefficient (Wildman–Crippen LogP) is 2.48. The predicted molar refractivity (Wildman–Crippen MR) is 57.6 cm³/mol. The third-order valence-electron chi connectivity index (χ3n) is 2.78. The van der Waals surface area contributed by atoms with Crippen molar-refractivity contribution in [3.05, 3.63) is 27.5 Å². The fourth-order valence-electron chi connectivity index (χ4n) is 2.07. The van der Waals surface area contributed by atoms with Gasteiger partial charge in [0.05, 0.1) is 16.3 Å². The summed E-state index contributed by atoms with van der Waals surface area (Å²) < 4.78 is 0. The molecule has 0 amide bonds. The Morgan fingerprint density at radius 1 is 1.53 bits per heavy atom. The Labute approximate surface area is 93.1 Å². The summed E-state index contributed by atoms with van der Waals surface area (Å²) in [6.07, 6.45) is 3.31. The van der Waals surface area contributed by atoms with E-state index in [9.17, 15) is 4.79 Å². The van der Waals surface area contributed by atoms with E-state index >= 15 is 0 Å². The van der Waals surface area contributed by atoms with Crippen molar-refractivity contribution >= 4 is 17.6 Å². The third-order valence-corrected chi connectivity index (χ3v) is 3.19. The molecule has 15 heavy (non-hydrogen) atoms. The number of carboxylic acid groups (broad SMARTS) is 1. The molecule has 1 aromatic rings. The molecule has 1 aliphatic carbocycles. The molecule has 0 radical (unpaired) electrons. The van der Waals surface area contributed by atoms with Crippen molar-refractivity contribution in [2.45, 2.75) is 32.6 Å². The van der Waals surface area contributed by atoms with Gasteiger partial charge in [0, 0.05) is 5.69 Å². The van der Waals surface area contributed by atoms with Crippen LogP contribution in [0.5, 0.6) is 0 Å². The van der Waals surface area contributed by atoms with Crippen LogP contribution in [0, 0.1) is 0 Å². The second-order valence-corrected chi connectivity index (χ2v) is 4.06. The van der Waals surface area contributed by atoms with Gasteiger partial charge in [-0.25, -0.2) is 4.79 Å². The van der Waals surface area contributed by atoms with E-state index in [1.807, 2.05) is 6.92 Å². The molecule has 0 atom stereocenters. The van der Waals surface area contributed by atoms with E-state index in [0.717, 1.165) is 30.5 Å². The average Bonchev–Trinajstić information content (AvgIpc) is 2.63. The Balaban J connectivity index is 2.69. The summed E-state index contributed by atoms with van der Waals surface area (Å²) in [6.45, 7) is 1.93. The van der Waals surface area contributed by atoms with Crippen molar-refractivity contribution in [3.63, 3.8) is 0 Å². The number of carbonyl (C=O) groups is 1. The van der Waals surface area contributed by atoms with E-state index in [1.54, 1.807) is 0 Å². The number of aromatic carboxylic acids is 1. The van der Waals surface area contributed by atoms with Gasteiger partial charge >= 0.3 is 5.97 Å². The number of carboxylic acids is 1. The number of pyridine rings is 1. The first-order chi connectivity index (χ1) is 7.15. The van der Waals surface area contributed by atoms with Crippen molar-refractivity contribution < 1.29 is 9.90 Å². The first-order valence-corrected chi connectivity index (χ1v) is 5.46. The topological polar surface area (TPSA) is 50.2 Å². The molecule has 0 unspecified atom stereocenters. The summed E-state index contributed by atoms with van der Waals surface area (Å²) in [7, 11) is 0. The quantitative estimate of drug-likeness (QED) is 0.841. The number of aromatic nitrogens is 1. The van der Waals surface area contributed by atoms with Gasteiger partial charge in [-0.3, -0.25) is 4.98 Å². The fraction of sp³-hybridized carbons (Fsp3) is 0.455. The molecule has 0 spiro atoms. The van der Waals surface area contributed by atoms with Gasteiger partial charge in [0.15, 0.2) is 0 Å². The molecule has 1 N–H and O–H groups in total. The molecule has 1 aromatic heterocycles. The number of fused-ring (bicyclic) bond motifs is 1. The van der Waals surface area contributed by atoms with Gasteiger partial charge in [-0.15, -0.1) is 0 Å². The van der Waals surface area contributed by atoms with Crippen LogP contribution < -0.4 is 0 Å². The zero-order valence-corrected chi connectivity index (χ0v) is 9.26. The first-order valence-electron chi connectivity index (χ1n) is 5.08. The van der Waals surface area contributed by atoms with Gasteiger partial charge in [0.2, 0.25) is 0 Å². The number of rotatable bonds is 2. The third kappa shape index (κ3) is 1.61. The highest BCUT2D eigenvalue weighted by atomic mass is 35.5. The lowest BCUT2D eigenvalue weighted by Crippen LogP contribution is -2.08. The molecule has 0 saturated heterocycles. The van der Waals surface area contributed by atoms with Crippen LogP contribution in [0.4, 0.5) is 0 Å². The van der Waals surface area contributed by atoms with Crippen LogP contribution in [-0.4, -0.2) is 16.1 Å². The van der Waals surface area contributed by atoms with Crippen molar-refractivity contribution in [1.82, 2.24) is 4.98 Å². The highest BCUT2D eigenvalue weighted by Crippen LogP contribution is 2.31. The van der Waals surface area contributed by atoms with Crippen molar-refractivity contribution in [2.24, 2.45) is 0 Å². The van der Waals surface area contributed by atoms with Gasteiger partial charge in [-0.2, -0.15) is 0 Å². The molecule has 3 nitrogen and oxygen atoms in total. The van der Waals surface area contributed by atoms with Crippen molar-refractivity contribution in [1.29, 1.82) is 0 Å². The molecule has 0 aromatic carbocycles. The lowest BCUT2D eigenvalue weighted by Gasteiger charge is -2.09. The van der Waals surface area contributed by atoms with E-state index in [2.05, 4.69) is 4.98 Å². The Morgan fingerprint density at radius 3 is 2.87 bits per heavy atom. The zero-order chi connectivity index (χ0) is 11.0. The number of hydrogen-bond donors (Lipinski definition) is 1. The van der Waals surface area contributed by atoms with Crippen LogP contribution in [0.1, 0.15) is 40.7 Å². The van der Waals surface area contributed by atoms with Crippen LogP contribution in [-0.2, 0) is 19.3 Å². The summed E-state index contributed by atoms with van der Waals surface area (Å²) >= 11 is 6.04. The Bertz CT molecular complexity index is 428. The average molecular weight is 226 g/mol. The van der Waals surface area contributed by atoms with E-state index in [1.165, 1.54) is 0 Å². The Morgan fingerprint density at radius 2 is 2.27 bits per heavy atom. The fourth-order valence-corrected chi connectivity index (χ4v) is 2.44. The second-order valence-electron chi connectivity index (χ2n) is 3.68. The molecule has 0 fully saturated rings. The number of halogens is 1. The van der Waals surface area contributed by atoms with Crippen LogP contribution >= 0.6 is 11.6 Å². The Kier molecular flexibility index (Phi) is 2.65. The first kappa shape index (κ1) is 10.4. The van der Waals surface area contributed by atoms with E-state index in [-0.39, 0.29) is 5.56 Å². The highest BCUT2D eigenvalue weighted by Gasteiger charge is 2.25. The largest absolute Gasteiger partial charge is 0.478 e. The van der Waals surface area contributed by atoms with Gasteiger partial charge < -0.3 is 5.11 Å². The second kappa shape index (κ2) is 3.81. The lowest BCUT2D eigenvalue weighted by molar-refractivity contribution is 0.0695. The number of hydrogen-bond acceptors (Lipinski definition) is 2. The number of aryl methyl sites for hydroxylation is 2. The SMILES string of the molecule is CCc1nc2c(c(C(=O)O)c1Cl)CCC2. The van der Waals surface area contributed by atoms with E-state index < -0.39 is 5.97 Å². The maximum Gasteiger partial charge on any atom is 0.337 e. The maximum absolute atomic E-state index is 11.1. The van der Waals surface area contributed by atoms with E-state index in [0.29, 0.717) is 17.1 Å². The zero-order valence-electron chi connectivity index (χ0n) is 8.51. The molecule has 0 aliphatic heterocycles. The molecule has 0 saturated carbocycles. The monoisotopic (exact) mass is 225 g/mol. The van der Waals surface area contributed by atoms with E-state index in [4.69, 9.17) is 16.7 Å². The molecule has 1 heterocycles. The lowest BCUT2D eigenvalue weighted by atomic mass is 10.1. The minimum absolute atomic E-state index is 0.274. The minimum Gasteiger partial charge on any atom is -0.478 e. The van der Waals surface area contributed by atoms with Crippen LogP contribution in [0.2, 0.25) is 5.02 Å². The molecular weight excluding hydrogens is 214 g/mol. The molecular formula is C11H12ClNO2. The van der Waals surface area contributed by atoms with Crippen molar-refractivity contribution in [2.75, 3.05) is 0 Å². The number of nitrogens with zero attached hydrogens (tertiary/aromatic N) is 1. The van der Waals surface area contributed by atoms with Crippen LogP contribution in [0.15, 0.2) is 0 Å². The van der Waals surface area contributed by atoms with Gasteiger partial charge in [0.1, 0.15) is 0 Å². The van der Waals surface area contributed by atoms with Crippen LogP contribution in [0.3, 0.4) is 0 Å². The summed E-state index contributed by atoms with van der Waals surface area (Å²) in [6, 6.07) is 0. The van der Waals surface area contributed by atoms with Crippen LogP contribution in [0.25, 0.3) is 0 Å². The minimum atomic E-state index is -0.935. The van der Waals surface area contributed by atoms with Gasteiger partial charge in [0.25, 0.3) is 0 Å². The smallest absolute Gasteiger partial charge is 0.337 e. The molecule has 4 heteroatoms. The summed E-state index contributed by atoms with van der Waals surface area (Å²) in [5.41, 5.74) is 2.74. The molecule has 80 valence electrons. The summed E-state index contributed by atoms with van der Waals surface area (Å²) in [5, 5.41) is 9.46. The summed E-state index contributed by atoms with van der Waals surface area (Å²) in [5.74, 6) is -0.935. The normalized spacial score (nSPS) is 14.0.